The molecule has 26 heavy (non-hydrogen) atoms. The number of amides is 1. The van der Waals surface area contributed by atoms with Crippen LogP contribution in [0.4, 0.5) is 5.13 Å². The van der Waals surface area contributed by atoms with Crippen molar-refractivity contribution in [1.29, 1.82) is 0 Å². The molecule has 2 aromatic heterocycles. The van der Waals surface area contributed by atoms with Gasteiger partial charge in [0.15, 0.2) is 10.7 Å². The predicted octanol–water partition coefficient (Wildman–Crippen LogP) is 5.20. The predicted molar refractivity (Wildman–Crippen MR) is 106 cm³/mol. The lowest BCUT2D eigenvalue weighted by Gasteiger charge is -2.00. The lowest BCUT2D eigenvalue weighted by Crippen LogP contribution is -2.14. The van der Waals surface area contributed by atoms with Crippen LogP contribution >= 0.6 is 27.3 Å². The zero-order valence-electron chi connectivity index (χ0n) is 13.8. The van der Waals surface area contributed by atoms with Crippen molar-refractivity contribution in [2.45, 2.75) is 13.3 Å². The smallest absolute Gasteiger partial charge is 0.232 e. The van der Waals surface area contributed by atoms with Crippen LogP contribution < -0.4 is 5.32 Å². The number of carbonyl (C=O) groups is 1. The van der Waals surface area contributed by atoms with Crippen LogP contribution in [-0.2, 0) is 11.2 Å². The van der Waals surface area contributed by atoms with Crippen LogP contribution in [0.1, 0.15) is 10.6 Å². The second-order valence-corrected chi connectivity index (χ2v) is 7.90. The van der Waals surface area contributed by atoms with Crippen molar-refractivity contribution in [3.63, 3.8) is 0 Å². The fraction of sp³-hybridized carbons (Fsp3) is 0.105. The van der Waals surface area contributed by atoms with E-state index in [2.05, 4.69) is 31.4 Å². The van der Waals surface area contributed by atoms with E-state index in [0.717, 1.165) is 26.0 Å². The van der Waals surface area contributed by atoms with Crippen LogP contribution in [0.2, 0.25) is 0 Å². The molecule has 0 bridgehead atoms. The van der Waals surface area contributed by atoms with E-state index in [1.165, 1.54) is 11.3 Å². The summed E-state index contributed by atoms with van der Waals surface area (Å²) in [6.07, 6.45) is 0.142. The summed E-state index contributed by atoms with van der Waals surface area (Å²) in [4.78, 5) is 18.0. The molecule has 0 radical (unpaired) electrons. The van der Waals surface area contributed by atoms with Gasteiger partial charge in [0, 0.05) is 20.3 Å². The molecule has 0 saturated heterocycles. The topological polar surface area (TPSA) is 68.0 Å². The molecular weight excluding hydrogens is 414 g/mol. The van der Waals surface area contributed by atoms with E-state index in [9.17, 15) is 4.79 Å². The van der Waals surface area contributed by atoms with Crippen molar-refractivity contribution in [3.05, 3.63) is 63.6 Å². The highest BCUT2D eigenvalue weighted by Crippen LogP contribution is 2.31. The Labute approximate surface area is 162 Å². The number of rotatable bonds is 4. The third-order valence-corrected chi connectivity index (χ3v) is 5.36. The monoisotopic (exact) mass is 427 g/mol. The number of halogens is 1. The Hall–Kier alpha value is -2.51. The van der Waals surface area contributed by atoms with Crippen molar-refractivity contribution in [1.82, 2.24) is 10.1 Å². The molecule has 0 aliphatic rings. The van der Waals surface area contributed by atoms with Crippen LogP contribution in [0.5, 0.6) is 0 Å². The van der Waals surface area contributed by atoms with Gasteiger partial charge in [0.1, 0.15) is 5.69 Å². The number of aromatic nitrogens is 2. The first-order chi connectivity index (χ1) is 12.6. The summed E-state index contributed by atoms with van der Waals surface area (Å²) in [5, 5.41) is 8.30. The van der Waals surface area contributed by atoms with E-state index in [1.54, 1.807) is 0 Å². The van der Waals surface area contributed by atoms with Gasteiger partial charge in [-0.3, -0.25) is 4.79 Å². The van der Waals surface area contributed by atoms with E-state index in [1.807, 2.05) is 55.5 Å². The van der Waals surface area contributed by atoms with Crippen molar-refractivity contribution in [2.75, 3.05) is 5.32 Å². The fourth-order valence-corrected chi connectivity index (χ4v) is 3.82. The Bertz CT molecular complexity index is 1090. The van der Waals surface area contributed by atoms with Crippen LogP contribution in [-0.4, -0.2) is 16.0 Å². The first-order valence-electron chi connectivity index (χ1n) is 7.96. The number of nitrogens with zero attached hydrogens (tertiary/aromatic N) is 2. The highest BCUT2D eigenvalue weighted by molar-refractivity contribution is 9.10. The molecular formula is C19H14BrN3O2S. The Kier molecular flexibility index (Phi) is 4.57. The molecule has 130 valence electrons. The Morgan fingerprint density at radius 1 is 1.19 bits per heavy atom. The third kappa shape index (κ3) is 3.40. The number of para-hydroxylation sites is 1. The Balaban J connectivity index is 1.51. The van der Waals surface area contributed by atoms with Crippen molar-refractivity contribution >= 4 is 49.3 Å². The first kappa shape index (κ1) is 16.9. The summed E-state index contributed by atoms with van der Waals surface area (Å²) < 4.78 is 6.26. The van der Waals surface area contributed by atoms with Gasteiger partial charge in [0.2, 0.25) is 5.91 Å². The van der Waals surface area contributed by atoms with E-state index < -0.39 is 0 Å². The van der Waals surface area contributed by atoms with Crippen LogP contribution in [0.25, 0.3) is 22.2 Å². The molecule has 0 atom stereocenters. The third-order valence-electron chi connectivity index (χ3n) is 3.94. The second kappa shape index (κ2) is 7.01. The van der Waals surface area contributed by atoms with Gasteiger partial charge in [0.05, 0.1) is 12.1 Å². The molecule has 0 unspecified atom stereocenters. The standard InChI is InChI=1S/C19H14BrN3O2S/c1-11-18(12-6-8-13(20)9-7-12)22-19(26-11)21-17(24)10-15-14-4-2-3-5-16(14)25-23-15/h2-9H,10H2,1H3,(H,21,22,24). The molecule has 1 N–H and O–H groups in total. The van der Waals surface area contributed by atoms with Gasteiger partial charge in [-0.25, -0.2) is 4.98 Å². The molecule has 1 amide bonds. The summed E-state index contributed by atoms with van der Waals surface area (Å²) in [6, 6.07) is 15.4. The normalized spacial score (nSPS) is 11.0. The summed E-state index contributed by atoms with van der Waals surface area (Å²) in [6.45, 7) is 2.00. The fourth-order valence-electron chi connectivity index (χ4n) is 2.71. The number of benzene rings is 2. The van der Waals surface area contributed by atoms with E-state index in [-0.39, 0.29) is 12.3 Å². The van der Waals surface area contributed by atoms with E-state index in [0.29, 0.717) is 16.4 Å². The van der Waals surface area contributed by atoms with Gasteiger partial charge in [0.25, 0.3) is 0 Å². The molecule has 0 aliphatic carbocycles. The number of carbonyl (C=O) groups excluding carboxylic acids is 1. The molecule has 5 nitrogen and oxygen atoms in total. The lowest BCUT2D eigenvalue weighted by molar-refractivity contribution is -0.115. The molecule has 0 spiro atoms. The van der Waals surface area contributed by atoms with Gasteiger partial charge in [-0.1, -0.05) is 45.4 Å². The van der Waals surface area contributed by atoms with Crippen LogP contribution in [0.15, 0.2) is 57.5 Å². The highest BCUT2D eigenvalue weighted by atomic mass is 79.9. The molecule has 0 fully saturated rings. The molecule has 2 aromatic carbocycles. The van der Waals surface area contributed by atoms with Gasteiger partial charge >= 0.3 is 0 Å². The zero-order valence-corrected chi connectivity index (χ0v) is 16.2. The number of anilines is 1. The van der Waals surface area contributed by atoms with Crippen molar-refractivity contribution in [2.24, 2.45) is 0 Å². The summed E-state index contributed by atoms with van der Waals surface area (Å²) >= 11 is 4.89. The van der Waals surface area contributed by atoms with E-state index >= 15 is 0 Å². The average molecular weight is 428 g/mol. The minimum absolute atomic E-state index is 0.142. The molecule has 0 saturated carbocycles. The Morgan fingerprint density at radius 3 is 2.77 bits per heavy atom. The maximum Gasteiger partial charge on any atom is 0.232 e. The molecule has 4 aromatic rings. The summed E-state index contributed by atoms with van der Waals surface area (Å²) in [5.41, 5.74) is 3.20. The van der Waals surface area contributed by atoms with Gasteiger partial charge in [-0.2, -0.15) is 0 Å². The summed E-state index contributed by atoms with van der Waals surface area (Å²) in [5.74, 6) is -0.167. The zero-order chi connectivity index (χ0) is 18.1. The van der Waals surface area contributed by atoms with E-state index in [4.69, 9.17) is 4.52 Å². The quantitative estimate of drug-likeness (QED) is 0.485. The highest BCUT2D eigenvalue weighted by Gasteiger charge is 2.15. The SMILES string of the molecule is Cc1sc(NC(=O)Cc2noc3ccccc23)nc1-c1ccc(Br)cc1. The minimum Gasteiger partial charge on any atom is -0.356 e. The minimum atomic E-state index is -0.167. The van der Waals surface area contributed by atoms with Gasteiger partial charge < -0.3 is 9.84 Å². The molecule has 4 rings (SSSR count). The summed E-state index contributed by atoms with van der Waals surface area (Å²) in [7, 11) is 0. The maximum atomic E-state index is 12.4. The number of hydrogen-bond acceptors (Lipinski definition) is 5. The number of fused-ring (bicyclic) bond motifs is 1. The number of aryl methyl sites for hydroxylation is 1. The van der Waals surface area contributed by atoms with Crippen LogP contribution in [0.3, 0.4) is 0 Å². The molecule has 7 heteroatoms. The van der Waals surface area contributed by atoms with Crippen molar-refractivity contribution < 1.29 is 9.32 Å². The maximum absolute atomic E-state index is 12.4. The largest absolute Gasteiger partial charge is 0.356 e. The number of thiazole rings is 1. The molecule has 2 heterocycles. The number of nitrogens with one attached hydrogen (secondary N) is 1. The Morgan fingerprint density at radius 2 is 1.96 bits per heavy atom. The van der Waals surface area contributed by atoms with Gasteiger partial charge in [-0.15, -0.1) is 11.3 Å². The second-order valence-electron chi connectivity index (χ2n) is 5.78. The number of hydrogen-bond donors (Lipinski definition) is 1. The van der Waals surface area contributed by atoms with Crippen molar-refractivity contribution in [3.8, 4) is 11.3 Å². The lowest BCUT2D eigenvalue weighted by atomic mass is 10.1. The van der Waals surface area contributed by atoms with Gasteiger partial charge in [-0.05, 0) is 31.2 Å². The first-order valence-corrected chi connectivity index (χ1v) is 9.57. The van der Waals surface area contributed by atoms with Crippen LogP contribution in [0, 0.1) is 6.92 Å². The molecule has 0 aliphatic heterocycles. The average Bonchev–Trinajstić information content (AvgIpc) is 3.19.